The summed E-state index contributed by atoms with van der Waals surface area (Å²) < 4.78 is 5.48. The second-order valence-electron chi connectivity index (χ2n) is 4.68. The zero-order valence-electron chi connectivity index (χ0n) is 10.6. The predicted octanol–water partition coefficient (Wildman–Crippen LogP) is 4.25. The van der Waals surface area contributed by atoms with E-state index in [1.165, 1.54) is 5.56 Å². The first-order valence-electron chi connectivity index (χ1n) is 6.30. The summed E-state index contributed by atoms with van der Waals surface area (Å²) in [5.74, 6) is 0.887. The van der Waals surface area contributed by atoms with Crippen LogP contribution in [0.15, 0.2) is 30.3 Å². The molecule has 2 N–H and O–H groups in total. The van der Waals surface area contributed by atoms with Crippen LogP contribution in [0.2, 0.25) is 10.0 Å². The summed E-state index contributed by atoms with van der Waals surface area (Å²) in [7, 11) is 0. The second kappa shape index (κ2) is 5.43. The van der Waals surface area contributed by atoms with Crippen molar-refractivity contribution < 1.29 is 9.84 Å². The number of anilines is 1. The molecule has 20 heavy (non-hydrogen) atoms. The first kappa shape index (κ1) is 13.4. The number of benzene rings is 2. The zero-order valence-corrected chi connectivity index (χ0v) is 12.1. The van der Waals surface area contributed by atoms with Crippen molar-refractivity contribution in [2.45, 2.75) is 13.0 Å². The largest absolute Gasteiger partial charge is 0.505 e. The molecule has 0 atom stereocenters. The van der Waals surface area contributed by atoms with Crippen LogP contribution in [0.4, 0.5) is 5.69 Å². The van der Waals surface area contributed by atoms with Crippen LogP contribution in [0.25, 0.3) is 0 Å². The third-order valence-electron chi connectivity index (χ3n) is 3.27. The number of rotatable bonds is 3. The lowest BCUT2D eigenvalue weighted by molar-refractivity contribution is 0.357. The zero-order chi connectivity index (χ0) is 14.1. The van der Waals surface area contributed by atoms with Crippen molar-refractivity contribution in [2.24, 2.45) is 0 Å². The monoisotopic (exact) mass is 309 g/mol. The molecular formula is C15H13Cl2NO2. The molecule has 5 heteroatoms. The van der Waals surface area contributed by atoms with Gasteiger partial charge < -0.3 is 15.2 Å². The molecule has 1 heterocycles. The highest BCUT2D eigenvalue weighted by molar-refractivity contribution is 6.37. The molecule has 0 saturated carbocycles. The predicted molar refractivity (Wildman–Crippen MR) is 81.1 cm³/mol. The van der Waals surface area contributed by atoms with Gasteiger partial charge in [-0.15, -0.1) is 0 Å². The molecule has 0 aromatic heterocycles. The van der Waals surface area contributed by atoms with Crippen LogP contribution < -0.4 is 10.1 Å². The van der Waals surface area contributed by atoms with E-state index in [9.17, 15) is 5.11 Å². The summed E-state index contributed by atoms with van der Waals surface area (Å²) in [5, 5.41) is 13.2. The fourth-order valence-electron chi connectivity index (χ4n) is 2.22. The summed E-state index contributed by atoms with van der Waals surface area (Å²) in [4.78, 5) is 0. The van der Waals surface area contributed by atoms with Crippen molar-refractivity contribution in [3.63, 3.8) is 0 Å². The lowest BCUT2D eigenvalue weighted by Gasteiger charge is -2.10. The van der Waals surface area contributed by atoms with E-state index in [2.05, 4.69) is 11.4 Å². The number of nitrogens with one attached hydrogen (secondary N) is 1. The van der Waals surface area contributed by atoms with Crippen molar-refractivity contribution in [1.82, 2.24) is 0 Å². The van der Waals surface area contributed by atoms with E-state index in [1.807, 2.05) is 12.1 Å². The molecule has 3 rings (SSSR count). The summed E-state index contributed by atoms with van der Waals surface area (Å²) in [5.41, 5.74) is 3.18. The van der Waals surface area contributed by atoms with E-state index in [4.69, 9.17) is 27.9 Å². The van der Waals surface area contributed by atoms with Gasteiger partial charge in [0.1, 0.15) is 5.75 Å². The molecule has 0 unspecified atom stereocenters. The van der Waals surface area contributed by atoms with Crippen molar-refractivity contribution in [3.05, 3.63) is 51.5 Å². The highest BCUT2D eigenvalue weighted by atomic mass is 35.5. The Morgan fingerprint density at radius 1 is 1.15 bits per heavy atom. The Bertz CT molecular complexity index is 635. The van der Waals surface area contributed by atoms with Gasteiger partial charge in [0.15, 0.2) is 5.75 Å². The van der Waals surface area contributed by atoms with Gasteiger partial charge in [-0.2, -0.15) is 0 Å². The van der Waals surface area contributed by atoms with Gasteiger partial charge in [-0.1, -0.05) is 35.3 Å². The molecule has 0 spiro atoms. The van der Waals surface area contributed by atoms with E-state index >= 15 is 0 Å². The number of ether oxygens (including phenoxy) is 1. The van der Waals surface area contributed by atoms with Crippen LogP contribution >= 0.6 is 23.2 Å². The molecule has 0 amide bonds. The standard InChI is InChI=1S/C15H13Cl2NO2/c16-12-6-11(7-13(17)15(12)19)18-8-9-1-2-14-10(5-9)3-4-20-14/h1-2,5-7,18-19H,3-4,8H2. The first-order chi connectivity index (χ1) is 9.63. The Morgan fingerprint density at radius 2 is 1.90 bits per heavy atom. The molecule has 0 radical (unpaired) electrons. The number of phenols is 1. The average Bonchev–Trinajstić information content (AvgIpc) is 2.89. The minimum Gasteiger partial charge on any atom is -0.505 e. The SMILES string of the molecule is Oc1c(Cl)cc(NCc2ccc3c(c2)CCO3)cc1Cl. The maximum atomic E-state index is 9.52. The van der Waals surface area contributed by atoms with Gasteiger partial charge >= 0.3 is 0 Å². The second-order valence-corrected chi connectivity index (χ2v) is 5.50. The molecule has 2 aromatic carbocycles. The highest BCUT2D eigenvalue weighted by Crippen LogP contribution is 2.35. The van der Waals surface area contributed by atoms with E-state index in [0.29, 0.717) is 6.54 Å². The number of aromatic hydroxyl groups is 1. The minimum atomic E-state index is -0.0893. The van der Waals surface area contributed by atoms with Gasteiger partial charge in [0.05, 0.1) is 16.7 Å². The highest BCUT2D eigenvalue weighted by Gasteiger charge is 2.12. The summed E-state index contributed by atoms with van der Waals surface area (Å²) in [6.45, 7) is 1.42. The maximum absolute atomic E-state index is 9.52. The number of hydrogen-bond donors (Lipinski definition) is 2. The van der Waals surface area contributed by atoms with Crippen molar-refractivity contribution in [1.29, 1.82) is 0 Å². The molecule has 1 aliphatic rings. The quantitative estimate of drug-likeness (QED) is 0.833. The van der Waals surface area contributed by atoms with Gasteiger partial charge in [0, 0.05) is 18.7 Å². The van der Waals surface area contributed by atoms with Crippen LogP contribution in [0.1, 0.15) is 11.1 Å². The third-order valence-corrected chi connectivity index (χ3v) is 3.84. The van der Waals surface area contributed by atoms with Gasteiger partial charge in [-0.05, 0) is 29.3 Å². The van der Waals surface area contributed by atoms with Crippen molar-refractivity contribution in [3.8, 4) is 11.5 Å². The number of fused-ring (bicyclic) bond motifs is 1. The first-order valence-corrected chi connectivity index (χ1v) is 7.05. The summed E-state index contributed by atoms with van der Waals surface area (Å²) in [6, 6.07) is 9.47. The average molecular weight is 310 g/mol. The van der Waals surface area contributed by atoms with Gasteiger partial charge in [0.25, 0.3) is 0 Å². The van der Waals surface area contributed by atoms with Crippen LogP contribution in [-0.2, 0) is 13.0 Å². The third kappa shape index (κ3) is 2.65. The molecule has 0 fully saturated rings. The Labute approximate surface area is 127 Å². The van der Waals surface area contributed by atoms with E-state index < -0.39 is 0 Å². The molecular weight excluding hydrogens is 297 g/mol. The fourth-order valence-corrected chi connectivity index (χ4v) is 2.71. The Kier molecular flexibility index (Phi) is 3.64. The van der Waals surface area contributed by atoms with Crippen LogP contribution in [-0.4, -0.2) is 11.7 Å². The normalized spacial score (nSPS) is 12.9. The van der Waals surface area contributed by atoms with Gasteiger partial charge in [0.2, 0.25) is 0 Å². The topological polar surface area (TPSA) is 41.5 Å². The summed E-state index contributed by atoms with van der Waals surface area (Å²) >= 11 is 11.8. The Balaban J connectivity index is 1.73. The fraction of sp³-hybridized carbons (Fsp3) is 0.200. The van der Waals surface area contributed by atoms with Crippen LogP contribution in [0.3, 0.4) is 0 Å². The minimum absolute atomic E-state index is 0.0893. The van der Waals surface area contributed by atoms with E-state index in [0.717, 1.165) is 30.0 Å². The molecule has 104 valence electrons. The van der Waals surface area contributed by atoms with Gasteiger partial charge in [-0.3, -0.25) is 0 Å². The molecule has 3 nitrogen and oxygen atoms in total. The lowest BCUT2D eigenvalue weighted by atomic mass is 10.1. The molecule has 1 aliphatic heterocycles. The molecule has 0 bridgehead atoms. The van der Waals surface area contributed by atoms with Crippen LogP contribution in [0.5, 0.6) is 11.5 Å². The lowest BCUT2D eigenvalue weighted by Crippen LogP contribution is -1.99. The smallest absolute Gasteiger partial charge is 0.152 e. The molecule has 2 aromatic rings. The van der Waals surface area contributed by atoms with E-state index in [-0.39, 0.29) is 15.8 Å². The van der Waals surface area contributed by atoms with E-state index in [1.54, 1.807) is 12.1 Å². The number of hydrogen-bond acceptors (Lipinski definition) is 3. The molecule has 0 saturated heterocycles. The Hall–Kier alpha value is -1.58. The van der Waals surface area contributed by atoms with Crippen molar-refractivity contribution >= 4 is 28.9 Å². The number of phenolic OH excluding ortho intramolecular Hbond substituents is 1. The maximum Gasteiger partial charge on any atom is 0.152 e. The van der Waals surface area contributed by atoms with Crippen molar-refractivity contribution in [2.75, 3.05) is 11.9 Å². The summed E-state index contributed by atoms with van der Waals surface area (Å²) in [6.07, 6.45) is 0.958. The van der Waals surface area contributed by atoms with Gasteiger partial charge in [-0.25, -0.2) is 0 Å². The van der Waals surface area contributed by atoms with Crippen LogP contribution in [0, 0.1) is 0 Å². The number of halogens is 2. The Morgan fingerprint density at radius 3 is 2.65 bits per heavy atom. The molecule has 0 aliphatic carbocycles.